The molecule has 3 nitrogen and oxygen atoms in total. The molecule has 0 radical (unpaired) electrons. The third kappa shape index (κ3) is 1.50. The molecule has 98 valence electrons. The Morgan fingerprint density at radius 3 is 3.00 bits per heavy atom. The summed E-state index contributed by atoms with van der Waals surface area (Å²) in [4.78, 5) is 11.7. The SMILES string of the molecule is C=C1C(=O)O[C@@H]2[C@H]3C(C)=CC[C@H]3[C@](C)(O)CC[C@@H]12. The molecule has 0 aromatic heterocycles. The molecule has 0 amide bonds. The van der Waals surface area contributed by atoms with E-state index in [4.69, 9.17) is 4.74 Å². The Hall–Kier alpha value is -1.09. The maximum absolute atomic E-state index is 11.7. The molecule has 0 unspecified atom stereocenters. The molecule has 0 aromatic carbocycles. The van der Waals surface area contributed by atoms with Crippen LogP contribution in [0.3, 0.4) is 0 Å². The number of carbonyl (C=O) groups excluding carboxylic acids is 1. The summed E-state index contributed by atoms with van der Waals surface area (Å²) in [6, 6.07) is 0. The van der Waals surface area contributed by atoms with E-state index in [0.29, 0.717) is 12.0 Å². The van der Waals surface area contributed by atoms with Crippen molar-refractivity contribution in [1.29, 1.82) is 0 Å². The van der Waals surface area contributed by atoms with Crippen LogP contribution < -0.4 is 0 Å². The molecular formula is C15H20O3. The molecule has 1 N–H and O–H groups in total. The molecule has 5 atom stereocenters. The van der Waals surface area contributed by atoms with Crippen LogP contribution in [0.4, 0.5) is 0 Å². The molecule has 18 heavy (non-hydrogen) atoms. The average Bonchev–Trinajstić information content (AvgIpc) is 2.76. The van der Waals surface area contributed by atoms with Crippen molar-refractivity contribution in [2.75, 3.05) is 0 Å². The summed E-state index contributed by atoms with van der Waals surface area (Å²) in [5.74, 6) is 0.173. The summed E-state index contributed by atoms with van der Waals surface area (Å²) in [5.41, 5.74) is 1.17. The predicted octanol–water partition coefficient (Wildman–Crippen LogP) is 2.21. The van der Waals surface area contributed by atoms with Gasteiger partial charge in [-0.25, -0.2) is 4.79 Å². The Kier molecular flexibility index (Phi) is 2.46. The van der Waals surface area contributed by atoms with E-state index < -0.39 is 5.60 Å². The Balaban J connectivity index is 2.01. The largest absolute Gasteiger partial charge is 0.458 e. The smallest absolute Gasteiger partial charge is 0.334 e. The Morgan fingerprint density at radius 2 is 2.28 bits per heavy atom. The van der Waals surface area contributed by atoms with E-state index in [1.165, 1.54) is 5.57 Å². The fourth-order valence-electron chi connectivity index (χ4n) is 3.97. The summed E-state index contributed by atoms with van der Waals surface area (Å²) in [6.07, 6.45) is 4.47. The molecule has 0 spiro atoms. The van der Waals surface area contributed by atoms with Crippen molar-refractivity contribution in [1.82, 2.24) is 0 Å². The highest BCUT2D eigenvalue weighted by Gasteiger charge is 2.54. The third-order valence-electron chi connectivity index (χ3n) is 5.12. The van der Waals surface area contributed by atoms with E-state index >= 15 is 0 Å². The minimum Gasteiger partial charge on any atom is -0.458 e. The van der Waals surface area contributed by atoms with E-state index in [0.717, 1.165) is 12.8 Å². The number of esters is 1. The number of rotatable bonds is 0. The van der Waals surface area contributed by atoms with Gasteiger partial charge in [0.25, 0.3) is 0 Å². The maximum atomic E-state index is 11.7. The minimum atomic E-state index is -0.671. The van der Waals surface area contributed by atoms with Gasteiger partial charge >= 0.3 is 5.97 Å². The number of allylic oxidation sites excluding steroid dienone is 1. The van der Waals surface area contributed by atoms with Gasteiger partial charge in [-0.3, -0.25) is 0 Å². The van der Waals surface area contributed by atoms with E-state index in [1.54, 1.807) is 0 Å². The van der Waals surface area contributed by atoms with Crippen LogP contribution >= 0.6 is 0 Å². The fraction of sp³-hybridized carbons (Fsp3) is 0.667. The molecule has 3 rings (SSSR count). The molecule has 2 fully saturated rings. The van der Waals surface area contributed by atoms with E-state index in [1.807, 2.05) is 6.92 Å². The number of carbonyl (C=O) groups is 1. The van der Waals surface area contributed by atoms with E-state index in [-0.39, 0.29) is 29.8 Å². The average molecular weight is 248 g/mol. The van der Waals surface area contributed by atoms with Gasteiger partial charge in [-0.1, -0.05) is 18.2 Å². The van der Waals surface area contributed by atoms with Crippen LogP contribution in [0.1, 0.15) is 33.1 Å². The van der Waals surface area contributed by atoms with Gasteiger partial charge in [0.1, 0.15) is 6.10 Å². The molecule has 2 aliphatic carbocycles. The van der Waals surface area contributed by atoms with Gasteiger partial charge in [-0.2, -0.15) is 0 Å². The highest BCUT2D eigenvalue weighted by atomic mass is 16.6. The molecule has 1 saturated carbocycles. The Morgan fingerprint density at radius 1 is 1.56 bits per heavy atom. The highest BCUT2D eigenvalue weighted by molar-refractivity contribution is 5.90. The highest BCUT2D eigenvalue weighted by Crippen LogP contribution is 2.51. The van der Waals surface area contributed by atoms with Crippen LogP contribution in [-0.2, 0) is 9.53 Å². The quantitative estimate of drug-likeness (QED) is 0.406. The van der Waals surface area contributed by atoms with Gasteiger partial charge in [0.15, 0.2) is 0 Å². The molecule has 0 bridgehead atoms. The molecule has 3 aliphatic rings. The van der Waals surface area contributed by atoms with Crippen molar-refractivity contribution in [3.63, 3.8) is 0 Å². The predicted molar refractivity (Wildman–Crippen MR) is 67.7 cm³/mol. The van der Waals surface area contributed by atoms with Crippen LogP contribution in [0.15, 0.2) is 23.8 Å². The third-order valence-corrected chi connectivity index (χ3v) is 5.12. The topological polar surface area (TPSA) is 46.5 Å². The van der Waals surface area contributed by atoms with Crippen molar-refractivity contribution < 1.29 is 14.6 Å². The summed E-state index contributed by atoms with van der Waals surface area (Å²) in [5, 5.41) is 10.6. The van der Waals surface area contributed by atoms with Gasteiger partial charge < -0.3 is 9.84 Å². The minimum absolute atomic E-state index is 0.0837. The van der Waals surface area contributed by atoms with Gasteiger partial charge in [0, 0.05) is 23.3 Å². The molecule has 1 heterocycles. The van der Waals surface area contributed by atoms with Crippen molar-refractivity contribution >= 4 is 5.97 Å². The lowest BCUT2D eigenvalue weighted by atomic mass is 9.76. The van der Waals surface area contributed by atoms with Crippen molar-refractivity contribution in [2.45, 2.75) is 44.8 Å². The van der Waals surface area contributed by atoms with Crippen LogP contribution in [0, 0.1) is 17.8 Å². The summed E-state index contributed by atoms with van der Waals surface area (Å²) >= 11 is 0. The Labute approximate surface area is 108 Å². The number of fused-ring (bicyclic) bond motifs is 3. The standard InChI is InChI=1S/C15H20O3/c1-8-4-5-11-12(8)13-10(6-7-15(11,3)17)9(2)14(16)18-13/h4,10-13,17H,2,5-7H2,1,3H3/t10-,11+,12-,13-,15+/m0/s1. The first-order valence-electron chi connectivity index (χ1n) is 6.70. The summed E-state index contributed by atoms with van der Waals surface area (Å²) in [7, 11) is 0. The first kappa shape index (κ1) is 12.0. The lowest BCUT2D eigenvalue weighted by Crippen LogP contribution is -2.39. The molecule has 0 aromatic rings. The number of hydrogen-bond donors (Lipinski definition) is 1. The zero-order chi connectivity index (χ0) is 13.1. The Bertz CT molecular complexity index is 447. The van der Waals surface area contributed by atoms with Crippen LogP contribution in [-0.4, -0.2) is 22.8 Å². The number of aliphatic hydroxyl groups is 1. The molecule has 1 saturated heterocycles. The number of ether oxygens (including phenoxy) is 1. The van der Waals surface area contributed by atoms with Crippen molar-refractivity contribution in [2.24, 2.45) is 17.8 Å². The lowest BCUT2D eigenvalue weighted by molar-refractivity contribution is -0.142. The zero-order valence-corrected chi connectivity index (χ0v) is 11.0. The monoisotopic (exact) mass is 248 g/mol. The molecular weight excluding hydrogens is 228 g/mol. The molecule has 1 aliphatic heterocycles. The van der Waals surface area contributed by atoms with Gasteiger partial charge in [-0.15, -0.1) is 0 Å². The van der Waals surface area contributed by atoms with Crippen LogP contribution in [0.25, 0.3) is 0 Å². The van der Waals surface area contributed by atoms with E-state index in [9.17, 15) is 9.90 Å². The van der Waals surface area contributed by atoms with Crippen LogP contribution in [0.5, 0.6) is 0 Å². The fourth-order valence-corrected chi connectivity index (χ4v) is 3.97. The second-order valence-electron chi connectivity index (χ2n) is 6.21. The number of hydrogen-bond acceptors (Lipinski definition) is 3. The van der Waals surface area contributed by atoms with E-state index in [2.05, 4.69) is 19.6 Å². The first-order chi connectivity index (χ1) is 8.42. The normalized spacial score (nSPS) is 47.2. The van der Waals surface area contributed by atoms with Crippen molar-refractivity contribution in [3.05, 3.63) is 23.8 Å². The summed E-state index contributed by atoms with van der Waals surface area (Å²) in [6.45, 7) is 7.87. The first-order valence-corrected chi connectivity index (χ1v) is 6.70. The lowest BCUT2D eigenvalue weighted by Gasteiger charge is -2.34. The van der Waals surface area contributed by atoms with Crippen LogP contribution in [0.2, 0.25) is 0 Å². The van der Waals surface area contributed by atoms with Crippen molar-refractivity contribution in [3.8, 4) is 0 Å². The second kappa shape index (κ2) is 3.70. The van der Waals surface area contributed by atoms with Gasteiger partial charge in [-0.05, 0) is 33.1 Å². The molecule has 3 heteroatoms. The second-order valence-corrected chi connectivity index (χ2v) is 6.21. The summed E-state index contributed by atoms with van der Waals surface area (Å²) < 4.78 is 5.54. The van der Waals surface area contributed by atoms with Gasteiger partial charge in [0.05, 0.1) is 5.60 Å². The van der Waals surface area contributed by atoms with Gasteiger partial charge in [0.2, 0.25) is 0 Å². The maximum Gasteiger partial charge on any atom is 0.334 e. The zero-order valence-electron chi connectivity index (χ0n) is 11.0.